The summed E-state index contributed by atoms with van der Waals surface area (Å²) >= 11 is 0. The molecule has 15 heteroatoms. The molecule has 218 valence electrons. The lowest BCUT2D eigenvalue weighted by atomic mass is 9.96. The fourth-order valence-electron chi connectivity index (χ4n) is 4.24. The molecule has 0 bridgehead atoms. The van der Waals surface area contributed by atoms with E-state index in [4.69, 9.17) is 33.2 Å². The lowest BCUT2D eigenvalue weighted by Gasteiger charge is -2.45. The van der Waals surface area contributed by atoms with E-state index in [-0.39, 0.29) is 5.69 Å². The Labute approximate surface area is 228 Å². The summed E-state index contributed by atoms with van der Waals surface area (Å²) in [6.45, 7) is 3.92. The predicted octanol–water partition coefficient (Wildman–Crippen LogP) is 1.01. The van der Waals surface area contributed by atoms with Gasteiger partial charge in [-0.2, -0.15) is 0 Å². The molecule has 0 amide bonds. The van der Waals surface area contributed by atoms with Crippen molar-refractivity contribution < 1.29 is 62.4 Å². The molecular weight excluding hydrogens is 538 g/mol. The highest BCUT2D eigenvalue weighted by atomic mass is 16.7. The number of ether oxygens (including phenoxy) is 7. The van der Waals surface area contributed by atoms with Crippen LogP contribution in [-0.4, -0.2) is 83.4 Å². The maximum absolute atomic E-state index is 12.1. The maximum atomic E-state index is 12.1. The minimum absolute atomic E-state index is 0.173. The van der Waals surface area contributed by atoms with E-state index >= 15 is 0 Å². The van der Waals surface area contributed by atoms with E-state index in [1.807, 2.05) is 0 Å². The van der Waals surface area contributed by atoms with Crippen molar-refractivity contribution in [3.63, 3.8) is 0 Å². The third-order valence-electron chi connectivity index (χ3n) is 5.81. The Bertz CT molecular complexity index is 1130. The van der Waals surface area contributed by atoms with Crippen molar-refractivity contribution >= 4 is 29.6 Å². The SMILES string of the molecule is CC(=O)OC[C@H]1O[C@@H](O[C@H]2[C@@H](O)C=CO[C@H]2c2ccc([N+](=O)[O-])cc2)[C@H](OC(C)=O)[C@@H](OC(C)=O)[C@@H]1OC(C)=O. The molecule has 2 aliphatic heterocycles. The van der Waals surface area contributed by atoms with Gasteiger partial charge in [0, 0.05) is 39.8 Å². The van der Waals surface area contributed by atoms with Gasteiger partial charge in [-0.15, -0.1) is 0 Å². The van der Waals surface area contributed by atoms with Gasteiger partial charge in [0.25, 0.3) is 5.69 Å². The Balaban J connectivity index is 2.00. The Morgan fingerprint density at radius 2 is 1.45 bits per heavy atom. The van der Waals surface area contributed by atoms with Gasteiger partial charge in [0.2, 0.25) is 0 Å². The topological polar surface area (TPSA) is 196 Å². The first-order valence-corrected chi connectivity index (χ1v) is 12.1. The molecule has 0 spiro atoms. The summed E-state index contributed by atoms with van der Waals surface area (Å²) < 4.78 is 38.8. The normalized spacial score (nSPS) is 29.4. The molecule has 1 aromatic rings. The van der Waals surface area contributed by atoms with Gasteiger partial charge in [0.15, 0.2) is 30.7 Å². The van der Waals surface area contributed by atoms with E-state index in [0.717, 1.165) is 27.7 Å². The average Bonchev–Trinajstić information content (AvgIpc) is 2.86. The van der Waals surface area contributed by atoms with Crippen LogP contribution in [0.1, 0.15) is 39.4 Å². The summed E-state index contributed by atoms with van der Waals surface area (Å²) in [5.74, 6) is -3.13. The van der Waals surface area contributed by atoms with Crippen LogP contribution in [0.25, 0.3) is 0 Å². The lowest BCUT2D eigenvalue weighted by molar-refractivity contribution is -0.384. The molecule has 15 nitrogen and oxygen atoms in total. The number of nitro benzene ring substituents is 1. The van der Waals surface area contributed by atoms with Gasteiger partial charge in [0.05, 0.1) is 11.2 Å². The summed E-state index contributed by atoms with van der Waals surface area (Å²) in [6.07, 6.45) is -8.28. The number of carbonyl (C=O) groups is 4. The number of hydrogen-bond acceptors (Lipinski definition) is 14. The molecule has 0 unspecified atom stereocenters. The largest absolute Gasteiger partial charge is 0.491 e. The summed E-state index contributed by atoms with van der Waals surface area (Å²) in [6, 6.07) is 5.32. The standard InChI is InChI=1S/C25H29NO14/c1-12(27)35-11-19-22(36-13(2)28)23(37-14(3)29)24(38-15(4)30)25(39-19)40-21-18(31)9-10-34-20(21)16-5-7-17(8-6-16)26(32)33/h5-10,18-25,31H,11H2,1-4H3/t18-,19+,20-,21-,22+,23-,24+,25-/m0/s1. The molecule has 1 N–H and O–H groups in total. The number of aliphatic hydroxyl groups is 1. The number of esters is 4. The first-order chi connectivity index (χ1) is 18.9. The van der Waals surface area contributed by atoms with Crippen LogP contribution in [0.2, 0.25) is 0 Å². The zero-order valence-electron chi connectivity index (χ0n) is 22.0. The van der Waals surface area contributed by atoms with Gasteiger partial charge in [-0.25, -0.2) is 0 Å². The summed E-state index contributed by atoms with van der Waals surface area (Å²) in [5.41, 5.74) is 0.220. The number of carbonyl (C=O) groups excluding carboxylic acids is 4. The summed E-state index contributed by atoms with van der Waals surface area (Å²) in [7, 11) is 0. The van der Waals surface area contributed by atoms with Crippen molar-refractivity contribution in [2.45, 2.75) is 76.7 Å². The fourth-order valence-corrected chi connectivity index (χ4v) is 4.24. The number of benzene rings is 1. The second kappa shape index (κ2) is 13.3. The smallest absolute Gasteiger partial charge is 0.303 e. The number of nitro groups is 1. The number of aliphatic hydroxyl groups excluding tert-OH is 1. The van der Waals surface area contributed by atoms with Crippen molar-refractivity contribution in [1.29, 1.82) is 0 Å². The Morgan fingerprint density at radius 3 is 2.00 bits per heavy atom. The zero-order chi connectivity index (χ0) is 29.6. The molecule has 1 fully saturated rings. The quantitative estimate of drug-likeness (QED) is 0.192. The van der Waals surface area contributed by atoms with Crippen LogP contribution in [0, 0.1) is 10.1 Å². The van der Waals surface area contributed by atoms with E-state index in [0.29, 0.717) is 5.56 Å². The van der Waals surface area contributed by atoms with Crippen molar-refractivity contribution in [3.8, 4) is 0 Å². The maximum Gasteiger partial charge on any atom is 0.303 e. The number of hydrogen-bond donors (Lipinski definition) is 1. The third-order valence-corrected chi connectivity index (χ3v) is 5.81. The zero-order valence-corrected chi connectivity index (χ0v) is 22.0. The second-order valence-electron chi connectivity index (χ2n) is 8.89. The predicted molar refractivity (Wildman–Crippen MR) is 129 cm³/mol. The molecule has 40 heavy (non-hydrogen) atoms. The Morgan fingerprint density at radius 1 is 0.875 bits per heavy atom. The molecule has 0 aliphatic carbocycles. The van der Waals surface area contributed by atoms with Crippen LogP contribution in [0.4, 0.5) is 5.69 Å². The van der Waals surface area contributed by atoms with Crippen molar-refractivity contribution in [1.82, 2.24) is 0 Å². The minimum Gasteiger partial charge on any atom is -0.491 e. The van der Waals surface area contributed by atoms with Crippen molar-refractivity contribution in [2.75, 3.05) is 6.61 Å². The highest BCUT2D eigenvalue weighted by Gasteiger charge is 2.54. The Kier molecular flexibility index (Phi) is 10.1. The number of non-ortho nitro benzene ring substituents is 1. The molecule has 8 atom stereocenters. The van der Waals surface area contributed by atoms with Crippen LogP contribution >= 0.6 is 0 Å². The van der Waals surface area contributed by atoms with Gasteiger partial charge in [-0.05, 0) is 23.8 Å². The lowest BCUT2D eigenvalue weighted by Crippen LogP contribution is -2.64. The fraction of sp³-hybridized carbons (Fsp3) is 0.520. The minimum atomic E-state index is -1.57. The first kappa shape index (κ1) is 30.5. The molecular formula is C25H29NO14. The average molecular weight is 568 g/mol. The molecule has 0 aromatic heterocycles. The molecule has 2 heterocycles. The molecule has 0 saturated carbocycles. The monoisotopic (exact) mass is 567 g/mol. The Hall–Kier alpha value is -4.08. The van der Waals surface area contributed by atoms with Gasteiger partial charge in [-0.3, -0.25) is 29.3 Å². The third kappa shape index (κ3) is 7.74. The van der Waals surface area contributed by atoms with Gasteiger partial charge < -0.3 is 38.3 Å². The molecule has 2 aliphatic rings. The summed E-state index contributed by atoms with van der Waals surface area (Å²) in [5, 5.41) is 21.8. The summed E-state index contributed by atoms with van der Waals surface area (Å²) in [4.78, 5) is 58.0. The van der Waals surface area contributed by atoms with Crippen LogP contribution in [0.15, 0.2) is 36.6 Å². The van der Waals surface area contributed by atoms with E-state index in [1.165, 1.54) is 36.6 Å². The highest BCUT2D eigenvalue weighted by Crippen LogP contribution is 2.36. The van der Waals surface area contributed by atoms with Crippen molar-refractivity contribution in [3.05, 3.63) is 52.3 Å². The van der Waals surface area contributed by atoms with E-state index < -0.39 is 84.4 Å². The first-order valence-electron chi connectivity index (χ1n) is 12.1. The van der Waals surface area contributed by atoms with Crippen LogP contribution in [0.3, 0.4) is 0 Å². The van der Waals surface area contributed by atoms with Crippen LogP contribution in [-0.2, 0) is 52.3 Å². The van der Waals surface area contributed by atoms with E-state index in [1.54, 1.807) is 0 Å². The van der Waals surface area contributed by atoms with Gasteiger partial charge in [0.1, 0.15) is 24.9 Å². The van der Waals surface area contributed by atoms with E-state index in [2.05, 4.69) is 0 Å². The number of nitrogens with zero attached hydrogens (tertiary/aromatic N) is 1. The van der Waals surface area contributed by atoms with E-state index in [9.17, 15) is 34.4 Å². The van der Waals surface area contributed by atoms with Gasteiger partial charge in [-0.1, -0.05) is 0 Å². The molecule has 0 radical (unpaired) electrons. The van der Waals surface area contributed by atoms with Crippen LogP contribution in [0.5, 0.6) is 0 Å². The van der Waals surface area contributed by atoms with Crippen molar-refractivity contribution in [2.24, 2.45) is 0 Å². The molecule has 1 aromatic carbocycles. The second-order valence-corrected chi connectivity index (χ2v) is 8.89. The highest BCUT2D eigenvalue weighted by molar-refractivity contribution is 5.68. The van der Waals surface area contributed by atoms with Gasteiger partial charge >= 0.3 is 23.9 Å². The number of rotatable bonds is 9. The van der Waals surface area contributed by atoms with Crippen LogP contribution < -0.4 is 0 Å². The molecule has 3 rings (SSSR count). The molecule has 1 saturated heterocycles.